The maximum absolute atomic E-state index is 13.0. The molecule has 1 nitrogen and oxygen atoms in total. The predicted octanol–water partition coefficient (Wildman–Crippen LogP) is 5.40. The summed E-state index contributed by atoms with van der Waals surface area (Å²) >= 11 is 10.7. The highest BCUT2D eigenvalue weighted by molar-refractivity contribution is 9.10. The van der Waals surface area contributed by atoms with Gasteiger partial charge in [0.1, 0.15) is 17.7 Å². The Labute approximate surface area is 123 Å². The van der Waals surface area contributed by atoms with Crippen molar-refractivity contribution in [2.75, 3.05) is 5.88 Å². The summed E-state index contributed by atoms with van der Waals surface area (Å²) < 4.78 is 19.5. The highest BCUT2D eigenvalue weighted by Crippen LogP contribution is 2.33. The molecule has 0 bridgehead atoms. The molecular formula is C13H11BrClFOS. The second kappa shape index (κ2) is 6.55. The molecule has 0 fully saturated rings. The number of hydrogen-bond donors (Lipinski definition) is 0. The van der Waals surface area contributed by atoms with Crippen molar-refractivity contribution in [2.45, 2.75) is 12.5 Å². The maximum Gasteiger partial charge on any atom is 0.134 e. The molecule has 0 N–H and O–H groups in total. The molecule has 0 saturated heterocycles. The van der Waals surface area contributed by atoms with E-state index in [0.29, 0.717) is 22.5 Å². The van der Waals surface area contributed by atoms with Gasteiger partial charge in [0.05, 0.1) is 4.47 Å². The molecule has 96 valence electrons. The summed E-state index contributed by atoms with van der Waals surface area (Å²) in [6, 6.07) is 8.38. The van der Waals surface area contributed by atoms with Crippen molar-refractivity contribution in [3.8, 4) is 5.75 Å². The second-order valence-corrected chi connectivity index (χ2v) is 5.89. The Morgan fingerprint density at radius 3 is 2.83 bits per heavy atom. The Balaban J connectivity index is 2.18. The van der Waals surface area contributed by atoms with Crippen LogP contribution in [0.1, 0.15) is 17.4 Å². The van der Waals surface area contributed by atoms with E-state index in [1.165, 1.54) is 12.1 Å². The normalized spacial score (nSPS) is 12.4. The number of rotatable bonds is 5. The standard InChI is InChI=1S/C13H11BrClFOS/c14-10-8-9(16)3-4-11(10)17-12(5-6-15)13-2-1-7-18-13/h1-4,7-8,12H,5-6H2. The molecule has 0 amide bonds. The fraction of sp³-hybridized carbons (Fsp3) is 0.231. The number of halogens is 3. The second-order valence-electron chi connectivity index (χ2n) is 3.67. The van der Waals surface area contributed by atoms with Gasteiger partial charge in [-0.15, -0.1) is 22.9 Å². The zero-order valence-electron chi connectivity index (χ0n) is 9.41. The van der Waals surface area contributed by atoms with E-state index in [1.54, 1.807) is 17.4 Å². The van der Waals surface area contributed by atoms with Crippen LogP contribution in [0.2, 0.25) is 0 Å². The Hall–Kier alpha value is -0.580. The van der Waals surface area contributed by atoms with E-state index < -0.39 is 0 Å². The highest BCUT2D eigenvalue weighted by Gasteiger charge is 2.15. The minimum atomic E-state index is -0.292. The van der Waals surface area contributed by atoms with Gasteiger partial charge in [-0.3, -0.25) is 0 Å². The number of hydrogen-bond acceptors (Lipinski definition) is 2. The van der Waals surface area contributed by atoms with Crippen LogP contribution in [-0.4, -0.2) is 5.88 Å². The molecule has 0 radical (unpaired) electrons. The largest absolute Gasteiger partial charge is 0.484 e. The van der Waals surface area contributed by atoms with Crippen LogP contribution in [0.3, 0.4) is 0 Å². The van der Waals surface area contributed by atoms with Gasteiger partial charge in [0.15, 0.2) is 0 Å². The molecule has 5 heteroatoms. The first-order chi connectivity index (χ1) is 8.70. The molecule has 2 rings (SSSR count). The average molecular weight is 350 g/mol. The molecule has 18 heavy (non-hydrogen) atoms. The number of thiophene rings is 1. The molecule has 1 heterocycles. The van der Waals surface area contributed by atoms with Gasteiger partial charge in [-0.05, 0) is 45.6 Å². The van der Waals surface area contributed by atoms with Crippen molar-refractivity contribution < 1.29 is 9.13 Å². The van der Waals surface area contributed by atoms with Gasteiger partial charge in [0.25, 0.3) is 0 Å². The lowest BCUT2D eigenvalue weighted by Crippen LogP contribution is -2.07. The van der Waals surface area contributed by atoms with Crippen LogP contribution in [0.5, 0.6) is 5.75 Å². The Morgan fingerprint density at radius 1 is 1.39 bits per heavy atom. The summed E-state index contributed by atoms with van der Waals surface area (Å²) in [5.41, 5.74) is 0. The lowest BCUT2D eigenvalue weighted by atomic mass is 10.2. The minimum Gasteiger partial charge on any atom is -0.484 e. The lowest BCUT2D eigenvalue weighted by Gasteiger charge is -2.18. The molecule has 2 aromatic rings. The molecule has 1 unspecified atom stereocenters. The van der Waals surface area contributed by atoms with E-state index in [-0.39, 0.29) is 11.9 Å². The van der Waals surface area contributed by atoms with Gasteiger partial charge in [-0.1, -0.05) is 6.07 Å². The Kier molecular flexibility index (Phi) is 5.03. The van der Waals surface area contributed by atoms with Gasteiger partial charge in [0.2, 0.25) is 0 Å². The predicted molar refractivity (Wildman–Crippen MR) is 77.1 cm³/mol. The molecule has 1 atom stereocenters. The summed E-state index contributed by atoms with van der Waals surface area (Å²) in [6.07, 6.45) is 0.621. The molecule has 1 aromatic heterocycles. The minimum absolute atomic E-state index is 0.0933. The van der Waals surface area contributed by atoms with Crippen molar-refractivity contribution in [2.24, 2.45) is 0 Å². The molecule has 0 aliphatic carbocycles. The van der Waals surface area contributed by atoms with Crippen molar-refractivity contribution >= 4 is 38.9 Å². The molecule has 0 spiro atoms. The van der Waals surface area contributed by atoms with Crippen LogP contribution in [0.25, 0.3) is 0 Å². The molecular weight excluding hydrogens is 339 g/mol. The first-order valence-corrected chi connectivity index (χ1v) is 7.62. The summed E-state index contributed by atoms with van der Waals surface area (Å²) in [6.45, 7) is 0. The zero-order valence-corrected chi connectivity index (χ0v) is 12.6. The summed E-state index contributed by atoms with van der Waals surface area (Å²) in [7, 11) is 0. The number of alkyl halides is 1. The van der Waals surface area contributed by atoms with Crippen molar-refractivity contribution in [1.29, 1.82) is 0 Å². The monoisotopic (exact) mass is 348 g/mol. The van der Waals surface area contributed by atoms with E-state index in [9.17, 15) is 4.39 Å². The van der Waals surface area contributed by atoms with Gasteiger partial charge in [-0.25, -0.2) is 4.39 Å². The van der Waals surface area contributed by atoms with Crippen LogP contribution in [0, 0.1) is 5.82 Å². The van der Waals surface area contributed by atoms with Gasteiger partial charge in [-0.2, -0.15) is 0 Å². The SMILES string of the molecule is Fc1ccc(OC(CCCl)c2cccs2)c(Br)c1. The topological polar surface area (TPSA) is 9.23 Å². The molecule has 0 aliphatic rings. The number of ether oxygens (including phenoxy) is 1. The van der Waals surface area contributed by atoms with Gasteiger partial charge in [0, 0.05) is 17.2 Å². The van der Waals surface area contributed by atoms with E-state index >= 15 is 0 Å². The summed E-state index contributed by atoms with van der Waals surface area (Å²) in [5.74, 6) is 0.848. The summed E-state index contributed by atoms with van der Waals surface area (Å²) in [5, 5.41) is 2.00. The van der Waals surface area contributed by atoms with Crippen LogP contribution in [0.15, 0.2) is 40.2 Å². The molecule has 1 aromatic carbocycles. The molecule has 0 saturated carbocycles. The maximum atomic E-state index is 13.0. The van der Waals surface area contributed by atoms with Crippen LogP contribution < -0.4 is 4.74 Å². The average Bonchev–Trinajstić information content (AvgIpc) is 2.85. The van der Waals surface area contributed by atoms with Gasteiger partial charge < -0.3 is 4.74 Å². The van der Waals surface area contributed by atoms with E-state index in [1.807, 2.05) is 17.5 Å². The fourth-order valence-corrected chi connectivity index (χ4v) is 2.99. The van der Waals surface area contributed by atoms with E-state index in [4.69, 9.17) is 16.3 Å². The van der Waals surface area contributed by atoms with Crippen molar-refractivity contribution in [1.82, 2.24) is 0 Å². The first kappa shape index (κ1) is 13.8. The van der Waals surface area contributed by atoms with Crippen LogP contribution >= 0.6 is 38.9 Å². The fourth-order valence-electron chi connectivity index (χ4n) is 1.56. The third kappa shape index (κ3) is 3.46. The Bertz CT molecular complexity index is 504. The third-order valence-corrected chi connectivity index (χ3v) is 4.20. The first-order valence-electron chi connectivity index (χ1n) is 5.42. The zero-order chi connectivity index (χ0) is 13.0. The van der Waals surface area contributed by atoms with E-state index in [2.05, 4.69) is 15.9 Å². The highest BCUT2D eigenvalue weighted by atomic mass is 79.9. The van der Waals surface area contributed by atoms with Crippen LogP contribution in [-0.2, 0) is 0 Å². The summed E-state index contributed by atoms with van der Waals surface area (Å²) in [4.78, 5) is 1.12. The molecule has 0 aliphatic heterocycles. The quantitative estimate of drug-likeness (QED) is 0.657. The third-order valence-electron chi connectivity index (χ3n) is 2.39. The Morgan fingerprint density at radius 2 is 2.22 bits per heavy atom. The lowest BCUT2D eigenvalue weighted by molar-refractivity contribution is 0.204. The smallest absolute Gasteiger partial charge is 0.134 e. The van der Waals surface area contributed by atoms with Crippen LogP contribution in [0.4, 0.5) is 4.39 Å². The van der Waals surface area contributed by atoms with E-state index in [0.717, 1.165) is 4.88 Å². The van der Waals surface area contributed by atoms with Crippen molar-refractivity contribution in [3.05, 3.63) is 50.9 Å². The van der Waals surface area contributed by atoms with Crippen molar-refractivity contribution in [3.63, 3.8) is 0 Å². The van der Waals surface area contributed by atoms with Gasteiger partial charge >= 0.3 is 0 Å². The number of benzene rings is 1.